The Bertz CT molecular complexity index is 496. The van der Waals surface area contributed by atoms with Crippen LogP contribution in [0, 0.1) is 0 Å². The number of aliphatic hydroxyl groups excluding tert-OH is 1. The quantitative estimate of drug-likeness (QED) is 0.838. The fourth-order valence-electron chi connectivity index (χ4n) is 2.80. The molecule has 24 heavy (non-hydrogen) atoms. The molecular weight excluding hydrogens is 304 g/mol. The minimum atomic E-state index is -0.393. The van der Waals surface area contributed by atoms with Crippen LogP contribution >= 0.6 is 0 Å². The van der Waals surface area contributed by atoms with Gasteiger partial charge in [-0.25, -0.2) is 9.78 Å². The maximum Gasteiger partial charge on any atom is 0.317 e. The molecule has 0 radical (unpaired) electrons. The topological polar surface area (TPSA) is 68.7 Å². The van der Waals surface area contributed by atoms with Gasteiger partial charge in [-0.2, -0.15) is 0 Å². The number of carbonyl (C=O) groups is 1. The number of amides is 2. The lowest BCUT2D eigenvalue weighted by Gasteiger charge is -2.21. The molecule has 1 aliphatic rings. The molecule has 0 spiro atoms. The Hall–Kier alpha value is -1.82. The van der Waals surface area contributed by atoms with Crippen LogP contribution in [0.2, 0.25) is 0 Å². The van der Waals surface area contributed by atoms with Gasteiger partial charge in [-0.3, -0.25) is 0 Å². The Morgan fingerprint density at radius 2 is 2.04 bits per heavy atom. The van der Waals surface area contributed by atoms with Gasteiger partial charge in [0.2, 0.25) is 0 Å². The number of nitrogens with zero attached hydrogens (tertiary/aromatic N) is 3. The number of carbonyl (C=O) groups excluding carboxylic acids is 1. The summed E-state index contributed by atoms with van der Waals surface area (Å²) >= 11 is 0. The molecule has 1 aliphatic heterocycles. The van der Waals surface area contributed by atoms with Crippen LogP contribution in [-0.4, -0.2) is 53.8 Å². The largest absolute Gasteiger partial charge is 0.393 e. The Morgan fingerprint density at radius 3 is 2.62 bits per heavy atom. The molecule has 6 nitrogen and oxygen atoms in total. The highest BCUT2D eigenvalue weighted by atomic mass is 16.3. The molecule has 1 saturated heterocycles. The van der Waals surface area contributed by atoms with Crippen molar-refractivity contribution < 1.29 is 9.90 Å². The number of urea groups is 1. The molecule has 0 aliphatic carbocycles. The molecule has 2 amide bonds. The van der Waals surface area contributed by atoms with Gasteiger partial charge in [0.15, 0.2) is 0 Å². The van der Waals surface area contributed by atoms with Crippen LogP contribution in [0.5, 0.6) is 0 Å². The van der Waals surface area contributed by atoms with Crippen molar-refractivity contribution in [3.8, 4) is 0 Å². The molecule has 6 heteroatoms. The van der Waals surface area contributed by atoms with E-state index in [9.17, 15) is 9.90 Å². The number of nitrogens with one attached hydrogen (secondary N) is 1. The van der Waals surface area contributed by atoms with Crippen molar-refractivity contribution in [2.45, 2.75) is 51.7 Å². The summed E-state index contributed by atoms with van der Waals surface area (Å²) in [6.07, 6.45) is 7.12. The summed E-state index contributed by atoms with van der Waals surface area (Å²) in [5.41, 5.74) is 0.992. The van der Waals surface area contributed by atoms with E-state index in [0.717, 1.165) is 24.5 Å². The van der Waals surface area contributed by atoms with Crippen molar-refractivity contribution in [3.05, 3.63) is 23.9 Å². The Morgan fingerprint density at radius 1 is 1.33 bits per heavy atom. The standard InChI is InChI=1S/C18H30N4O2/c1-15(23)9-12-21(2)18(24)20-14-16-7-8-17(19-13-16)22-10-5-3-4-6-11-22/h7-8,13,15,23H,3-6,9-12,14H2,1-2H3,(H,20,24). The monoisotopic (exact) mass is 334 g/mol. The van der Waals surface area contributed by atoms with Crippen LogP contribution < -0.4 is 10.2 Å². The van der Waals surface area contributed by atoms with Gasteiger partial charge in [0, 0.05) is 39.4 Å². The zero-order valence-electron chi connectivity index (χ0n) is 14.9. The lowest BCUT2D eigenvalue weighted by atomic mass is 10.2. The predicted octanol–water partition coefficient (Wildman–Crippen LogP) is 2.37. The van der Waals surface area contributed by atoms with E-state index in [1.165, 1.54) is 25.7 Å². The van der Waals surface area contributed by atoms with E-state index in [1.54, 1.807) is 18.9 Å². The van der Waals surface area contributed by atoms with Gasteiger partial charge in [-0.05, 0) is 37.8 Å². The summed E-state index contributed by atoms with van der Waals surface area (Å²) in [6, 6.07) is 3.94. The predicted molar refractivity (Wildman–Crippen MR) is 96.1 cm³/mol. The third-order valence-corrected chi connectivity index (χ3v) is 4.41. The van der Waals surface area contributed by atoms with Crippen molar-refractivity contribution >= 4 is 11.8 Å². The first-order chi connectivity index (χ1) is 11.6. The summed E-state index contributed by atoms with van der Waals surface area (Å²) in [5, 5.41) is 12.2. The Labute approximate surface area is 144 Å². The number of rotatable bonds is 6. The smallest absolute Gasteiger partial charge is 0.317 e. The van der Waals surface area contributed by atoms with E-state index < -0.39 is 6.10 Å². The summed E-state index contributed by atoms with van der Waals surface area (Å²) in [7, 11) is 1.73. The van der Waals surface area contributed by atoms with Gasteiger partial charge < -0.3 is 20.2 Å². The number of aliphatic hydroxyl groups is 1. The minimum Gasteiger partial charge on any atom is -0.393 e. The summed E-state index contributed by atoms with van der Waals surface area (Å²) in [5.74, 6) is 1.03. The second-order valence-electron chi connectivity index (χ2n) is 6.64. The maximum atomic E-state index is 12.0. The second-order valence-corrected chi connectivity index (χ2v) is 6.64. The molecule has 0 aromatic carbocycles. The first-order valence-electron chi connectivity index (χ1n) is 8.93. The first-order valence-corrected chi connectivity index (χ1v) is 8.93. The van der Waals surface area contributed by atoms with E-state index in [4.69, 9.17) is 0 Å². The van der Waals surface area contributed by atoms with Crippen molar-refractivity contribution in [1.29, 1.82) is 0 Å². The summed E-state index contributed by atoms with van der Waals surface area (Å²) < 4.78 is 0. The van der Waals surface area contributed by atoms with Crippen LogP contribution in [0.15, 0.2) is 18.3 Å². The lowest BCUT2D eigenvalue weighted by molar-refractivity contribution is 0.163. The highest BCUT2D eigenvalue weighted by Gasteiger charge is 2.12. The number of hydrogen-bond donors (Lipinski definition) is 2. The van der Waals surface area contributed by atoms with Crippen LogP contribution in [0.3, 0.4) is 0 Å². The number of hydrogen-bond acceptors (Lipinski definition) is 4. The van der Waals surface area contributed by atoms with Gasteiger partial charge in [0.25, 0.3) is 0 Å². The molecule has 1 aromatic heterocycles. The number of anilines is 1. The average molecular weight is 334 g/mol. The van der Waals surface area contributed by atoms with Gasteiger partial charge in [0.1, 0.15) is 5.82 Å². The fourth-order valence-corrected chi connectivity index (χ4v) is 2.80. The van der Waals surface area contributed by atoms with Gasteiger partial charge >= 0.3 is 6.03 Å². The number of pyridine rings is 1. The van der Waals surface area contributed by atoms with E-state index in [0.29, 0.717) is 19.5 Å². The zero-order valence-corrected chi connectivity index (χ0v) is 14.9. The van der Waals surface area contributed by atoms with Crippen LogP contribution in [-0.2, 0) is 6.54 Å². The molecule has 1 fully saturated rings. The first kappa shape index (κ1) is 18.5. The Balaban J connectivity index is 1.79. The van der Waals surface area contributed by atoms with Crippen molar-refractivity contribution in [2.24, 2.45) is 0 Å². The fraction of sp³-hybridized carbons (Fsp3) is 0.667. The van der Waals surface area contributed by atoms with Gasteiger partial charge in [0.05, 0.1) is 6.10 Å². The van der Waals surface area contributed by atoms with Crippen LogP contribution in [0.4, 0.5) is 10.6 Å². The van der Waals surface area contributed by atoms with E-state index >= 15 is 0 Å². The van der Waals surface area contributed by atoms with Crippen molar-refractivity contribution in [2.75, 3.05) is 31.6 Å². The van der Waals surface area contributed by atoms with Crippen LogP contribution in [0.1, 0.15) is 44.6 Å². The molecule has 1 atom stereocenters. The van der Waals surface area contributed by atoms with Crippen molar-refractivity contribution in [3.63, 3.8) is 0 Å². The summed E-state index contributed by atoms with van der Waals surface area (Å²) in [6.45, 7) is 4.89. The molecule has 2 N–H and O–H groups in total. The molecule has 1 unspecified atom stereocenters. The number of aromatic nitrogens is 1. The lowest BCUT2D eigenvalue weighted by Crippen LogP contribution is -2.38. The minimum absolute atomic E-state index is 0.132. The highest BCUT2D eigenvalue weighted by Crippen LogP contribution is 2.17. The van der Waals surface area contributed by atoms with Crippen molar-refractivity contribution in [1.82, 2.24) is 15.2 Å². The zero-order chi connectivity index (χ0) is 17.4. The third kappa shape index (κ3) is 6.00. The third-order valence-electron chi connectivity index (χ3n) is 4.41. The molecule has 2 rings (SSSR count). The van der Waals surface area contributed by atoms with E-state index in [2.05, 4.69) is 15.2 Å². The molecule has 134 valence electrons. The van der Waals surface area contributed by atoms with E-state index in [-0.39, 0.29) is 6.03 Å². The van der Waals surface area contributed by atoms with Gasteiger partial charge in [-0.15, -0.1) is 0 Å². The Kier molecular flexibility index (Phi) is 7.31. The molecule has 2 heterocycles. The molecular formula is C18H30N4O2. The second kappa shape index (κ2) is 9.47. The highest BCUT2D eigenvalue weighted by molar-refractivity contribution is 5.73. The molecule has 1 aromatic rings. The molecule has 0 bridgehead atoms. The van der Waals surface area contributed by atoms with Gasteiger partial charge in [-0.1, -0.05) is 18.9 Å². The maximum absolute atomic E-state index is 12.0. The SMILES string of the molecule is CC(O)CCN(C)C(=O)NCc1ccc(N2CCCCCC2)nc1. The normalized spacial score (nSPS) is 16.4. The van der Waals surface area contributed by atoms with E-state index in [1.807, 2.05) is 18.3 Å². The average Bonchev–Trinajstić information content (AvgIpc) is 2.87. The molecule has 0 saturated carbocycles. The van der Waals surface area contributed by atoms with Crippen LogP contribution in [0.25, 0.3) is 0 Å². The summed E-state index contributed by atoms with van der Waals surface area (Å²) in [4.78, 5) is 20.5.